The van der Waals surface area contributed by atoms with Crippen LogP contribution in [0, 0.1) is 0 Å². The van der Waals surface area contributed by atoms with Crippen molar-refractivity contribution in [3.63, 3.8) is 0 Å². The second-order valence-electron chi connectivity index (χ2n) is 7.28. The van der Waals surface area contributed by atoms with Crippen molar-refractivity contribution in [1.82, 2.24) is 4.90 Å². The fourth-order valence-corrected chi connectivity index (χ4v) is 4.70. The maximum absolute atomic E-state index is 12.8. The molecule has 186 valence electrons. The molecule has 0 aromatic heterocycles. The predicted molar refractivity (Wildman–Crippen MR) is 137 cm³/mol. The first-order valence-electron chi connectivity index (χ1n) is 10.6. The minimum Gasteiger partial charge on any atom is -0.490 e. The first-order valence-corrected chi connectivity index (χ1v) is 12.6. The molecule has 0 saturated carbocycles. The average Bonchev–Trinajstić information content (AvgIpc) is 3.08. The number of hydrogen-bond acceptors (Lipinski definition) is 7. The fraction of sp³-hybridized carbons (Fsp3) is 0.292. The van der Waals surface area contributed by atoms with E-state index in [0.29, 0.717) is 33.7 Å². The third kappa shape index (κ3) is 6.44. The van der Waals surface area contributed by atoms with Crippen molar-refractivity contribution in [2.24, 2.45) is 0 Å². The Bertz CT molecular complexity index is 1190. The van der Waals surface area contributed by atoms with E-state index in [-0.39, 0.29) is 23.1 Å². The van der Waals surface area contributed by atoms with Crippen LogP contribution < -0.4 is 9.47 Å². The standard InChI is InChI=1S/C24H22Cl3NO6S/c1-4-32-19-10-15(9-18(27)21(19)34-12-14-6-7-16(25)17(26)8-14)11-20-22(29)28(24(31)35-20)13(3)23(30)33-5-2/h6-11,13H,4-5,12H2,1-3H3/b20-11+/t13-/m0/s1. The van der Waals surface area contributed by atoms with E-state index in [0.717, 1.165) is 22.2 Å². The van der Waals surface area contributed by atoms with Crippen molar-refractivity contribution in [3.8, 4) is 11.5 Å². The van der Waals surface area contributed by atoms with Gasteiger partial charge in [-0.05, 0) is 74.0 Å². The van der Waals surface area contributed by atoms with Gasteiger partial charge in [0.05, 0.1) is 33.2 Å². The summed E-state index contributed by atoms with van der Waals surface area (Å²) in [4.78, 5) is 38.3. The van der Waals surface area contributed by atoms with Crippen molar-refractivity contribution in [2.45, 2.75) is 33.4 Å². The van der Waals surface area contributed by atoms with E-state index in [1.54, 1.807) is 37.3 Å². The monoisotopic (exact) mass is 557 g/mol. The number of ether oxygens (including phenoxy) is 3. The van der Waals surface area contributed by atoms with Crippen molar-refractivity contribution < 1.29 is 28.6 Å². The Labute approximate surface area is 222 Å². The molecule has 0 spiro atoms. The summed E-state index contributed by atoms with van der Waals surface area (Å²) >= 11 is 19.2. The highest BCUT2D eigenvalue weighted by Crippen LogP contribution is 2.40. The first kappa shape index (κ1) is 27.2. The van der Waals surface area contributed by atoms with Crippen LogP contribution in [0.2, 0.25) is 15.1 Å². The molecule has 1 fully saturated rings. The van der Waals surface area contributed by atoms with Gasteiger partial charge in [0.25, 0.3) is 11.1 Å². The highest BCUT2D eigenvalue weighted by Gasteiger charge is 2.41. The van der Waals surface area contributed by atoms with Crippen molar-refractivity contribution in [2.75, 3.05) is 13.2 Å². The summed E-state index contributed by atoms with van der Waals surface area (Å²) in [5.41, 5.74) is 1.31. The predicted octanol–water partition coefficient (Wildman–Crippen LogP) is 6.61. The molecule has 1 aliphatic rings. The molecule has 7 nitrogen and oxygen atoms in total. The van der Waals surface area contributed by atoms with Gasteiger partial charge in [0, 0.05) is 0 Å². The fourth-order valence-electron chi connectivity index (χ4n) is 3.19. The lowest BCUT2D eigenvalue weighted by atomic mass is 10.1. The summed E-state index contributed by atoms with van der Waals surface area (Å²) in [6, 6.07) is 7.36. The summed E-state index contributed by atoms with van der Waals surface area (Å²) in [6.07, 6.45) is 1.51. The van der Waals surface area contributed by atoms with Gasteiger partial charge < -0.3 is 14.2 Å². The molecule has 0 radical (unpaired) electrons. The number of carbonyl (C=O) groups excluding carboxylic acids is 3. The quantitative estimate of drug-likeness (QED) is 0.253. The lowest BCUT2D eigenvalue weighted by Gasteiger charge is -2.19. The van der Waals surface area contributed by atoms with Gasteiger partial charge in [-0.15, -0.1) is 0 Å². The molecule has 0 N–H and O–H groups in total. The largest absolute Gasteiger partial charge is 0.490 e. The molecule has 1 aliphatic heterocycles. The second-order valence-corrected chi connectivity index (χ2v) is 9.49. The van der Waals surface area contributed by atoms with Gasteiger partial charge in [-0.25, -0.2) is 4.79 Å². The molecule has 1 saturated heterocycles. The van der Waals surface area contributed by atoms with Crippen molar-refractivity contribution >= 4 is 69.8 Å². The number of hydrogen-bond donors (Lipinski definition) is 0. The van der Waals surface area contributed by atoms with Gasteiger partial charge in [-0.3, -0.25) is 14.5 Å². The van der Waals surface area contributed by atoms with E-state index in [4.69, 9.17) is 49.0 Å². The second kappa shape index (κ2) is 12.0. The van der Waals surface area contributed by atoms with E-state index in [1.807, 2.05) is 6.92 Å². The molecule has 0 aliphatic carbocycles. The molecule has 0 unspecified atom stereocenters. The Morgan fingerprint density at radius 3 is 2.43 bits per heavy atom. The summed E-state index contributed by atoms with van der Waals surface area (Å²) in [7, 11) is 0. The lowest BCUT2D eigenvalue weighted by molar-refractivity contribution is -0.150. The molecule has 35 heavy (non-hydrogen) atoms. The van der Waals surface area contributed by atoms with Crippen LogP contribution in [0.4, 0.5) is 4.79 Å². The molecule has 2 aromatic carbocycles. The Morgan fingerprint density at radius 1 is 1.03 bits per heavy atom. The Balaban J connectivity index is 1.85. The van der Waals surface area contributed by atoms with E-state index < -0.39 is 23.2 Å². The molecule has 2 aromatic rings. The highest BCUT2D eigenvalue weighted by atomic mass is 35.5. The third-order valence-electron chi connectivity index (χ3n) is 4.84. The van der Waals surface area contributed by atoms with Crippen molar-refractivity contribution in [3.05, 3.63) is 61.4 Å². The molecule has 2 amide bonds. The zero-order valence-corrected chi connectivity index (χ0v) is 22.2. The van der Waals surface area contributed by atoms with E-state index in [1.165, 1.54) is 13.0 Å². The number of halogens is 3. The molecular weight excluding hydrogens is 537 g/mol. The van der Waals surface area contributed by atoms with Crippen LogP contribution in [0.1, 0.15) is 31.9 Å². The number of thioether (sulfide) groups is 1. The Morgan fingerprint density at radius 2 is 1.77 bits per heavy atom. The van der Waals surface area contributed by atoms with Gasteiger partial charge in [-0.2, -0.15) is 0 Å². The van der Waals surface area contributed by atoms with Gasteiger partial charge in [0.2, 0.25) is 0 Å². The normalized spacial score (nSPS) is 15.5. The van der Waals surface area contributed by atoms with Crippen LogP contribution >= 0.6 is 46.6 Å². The topological polar surface area (TPSA) is 82.1 Å². The average molecular weight is 559 g/mol. The van der Waals surface area contributed by atoms with E-state index in [9.17, 15) is 14.4 Å². The zero-order chi connectivity index (χ0) is 25.7. The van der Waals surface area contributed by atoms with Crippen LogP contribution in [0.3, 0.4) is 0 Å². The van der Waals surface area contributed by atoms with Gasteiger partial charge in [-0.1, -0.05) is 40.9 Å². The molecule has 1 atom stereocenters. The van der Waals surface area contributed by atoms with Crippen LogP contribution in [0.15, 0.2) is 35.2 Å². The third-order valence-corrected chi connectivity index (χ3v) is 6.74. The number of amides is 2. The van der Waals surface area contributed by atoms with Crippen LogP contribution in [0.5, 0.6) is 11.5 Å². The molecule has 0 bridgehead atoms. The summed E-state index contributed by atoms with van der Waals surface area (Å²) in [6.45, 7) is 5.56. The first-order chi connectivity index (χ1) is 16.7. The molecular formula is C24H22Cl3NO6S. The minimum atomic E-state index is -1.03. The van der Waals surface area contributed by atoms with Gasteiger partial charge in [0.15, 0.2) is 11.5 Å². The highest BCUT2D eigenvalue weighted by molar-refractivity contribution is 8.18. The minimum absolute atomic E-state index is 0.146. The smallest absolute Gasteiger partial charge is 0.329 e. The van der Waals surface area contributed by atoms with Crippen LogP contribution in [-0.2, 0) is 20.9 Å². The van der Waals surface area contributed by atoms with E-state index >= 15 is 0 Å². The summed E-state index contributed by atoms with van der Waals surface area (Å²) in [5.74, 6) is -0.554. The number of carbonyl (C=O) groups is 3. The van der Waals surface area contributed by atoms with Crippen LogP contribution in [-0.4, -0.2) is 41.3 Å². The summed E-state index contributed by atoms with van der Waals surface area (Å²) in [5, 5.41) is 0.542. The number of esters is 1. The Hall–Kier alpha value is -2.39. The number of rotatable bonds is 9. The van der Waals surface area contributed by atoms with Gasteiger partial charge >= 0.3 is 5.97 Å². The van der Waals surface area contributed by atoms with Crippen LogP contribution in [0.25, 0.3) is 6.08 Å². The molecule has 3 rings (SSSR count). The van der Waals surface area contributed by atoms with Crippen molar-refractivity contribution in [1.29, 1.82) is 0 Å². The SMILES string of the molecule is CCOC(=O)[C@H](C)N1C(=O)S/C(=C/c2cc(Cl)c(OCc3ccc(Cl)c(Cl)c3)c(OCC)c2)C1=O. The lowest BCUT2D eigenvalue weighted by Crippen LogP contribution is -2.42. The number of nitrogens with zero attached hydrogens (tertiary/aromatic N) is 1. The van der Waals surface area contributed by atoms with E-state index in [2.05, 4.69) is 0 Å². The summed E-state index contributed by atoms with van der Waals surface area (Å²) < 4.78 is 16.5. The number of benzene rings is 2. The Kier molecular flexibility index (Phi) is 9.35. The zero-order valence-electron chi connectivity index (χ0n) is 19.1. The number of imide groups is 1. The maximum atomic E-state index is 12.8. The molecule has 11 heteroatoms. The molecule has 1 heterocycles. The van der Waals surface area contributed by atoms with Gasteiger partial charge in [0.1, 0.15) is 12.6 Å². The maximum Gasteiger partial charge on any atom is 0.329 e.